The minimum Gasteiger partial charge on any atom is -0.378 e. The Bertz CT molecular complexity index is 791. The van der Waals surface area contributed by atoms with Crippen LogP contribution in [0, 0.1) is 5.82 Å². The van der Waals surface area contributed by atoms with Crippen molar-refractivity contribution in [1.29, 1.82) is 0 Å². The molecule has 5 heteroatoms. The zero-order valence-corrected chi connectivity index (χ0v) is 12.9. The summed E-state index contributed by atoms with van der Waals surface area (Å²) in [5.74, 6) is -0.232. The van der Waals surface area contributed by atoms with E-state index in [4.69, 9.17) is 0 Å². The van der Waals surface area contributed by atoms with Crippen LogP contribution in [0.5, 0.6) is 0 Å². The Morgan fingerprint density at radius 3 is 2.57 bits per heavy atom. The Morgan fingerprint density at radius 1 is 1.05 bits per heavy atom. The number of nitrogens with one attached hydrogen (secondary N) is 1. The number of anilines is 1. The zero-order chi connectivity index (χ0) is 14.8. The molecular weight excluding hydrogens is 333 g/mol. The van der Waals surface area contributed by atoms with Gasteiger partial charge in [0.1, 0.15) is 5.82 Å². The van der Waals surface area contributed by atoms with E-state index in [1.807, 2.05) is 31.2 Å². The highest BCUT2D eigenvalue weighted by atomic mass is 79.9. The SMILES string of the molecule is CC(Nc1ccc2nccnc2c1)c1ccc(Br)cc1F. The van der Waals surface area contributed by atoms with Gasteiger partial charge in [0, 0.05) is 28.1 Å². The lowest BCUT2D eigenvalue weighted by Crippen LogP contribution is -2.08. The number of fused-ring (bicyclic) bond motifs is 1. The molecule has 0 aliphatic carbocycles. The molecule has 3 aromatic rings. The average Bonchev–Trinajstić information content (AvgIpc) is 2.47. The molecule has 0 saturated heterocycles. The summed E-state index contributed by atoms with van der Waals surface area (Å²) in [7, 11) is 0. The van der Waals surface area contributed by atoms with Gasteiger partial charge in [-0.25, -0.2) is 4.39 Å². The third-order valence-corrected chi connectivity index (χ3v) is 3.77. The molecule has 0 bridgehead atoms. The molecule has 1 heterocycles. The highest BCUT2D eigenvalue weighted by Gasteiger charge is 2.11. The first-order valence-corrected chi connectivity index (χ1v) is 7.35. The predicted octanol–water partition coefficient (Wildman–Crippen LogP) is 4.70. The molecule has 1 N–H and O–H groups in total. The minimum atomic E-state index is -0.232. The molecule has 21 heavy (non-hydrogen) atoms. The third-order valence-electron chi connectivity index (χ3n) is 3.28. The first-order valence-electron chi connectivity index (χ1n) is 6.56. The van der Waals surface area contributed by atoms with Crippen LogP contribution in [0.15, 0.2) is 53.3 Å². The van der Waals surface area contributed by atoms with Crippen molar-refractivity contribution in [2.24, 2.45) is 0 Å². The number of nitrogens with zero attached hydrogens (tertiary/aromatic N) is 2. The quantitative estimate of drug-likeness (QED) is 0.747. The van der Waals surface area contributed by atoms with E-state index in [2.05, 4.69) is 31.2 Å². The fourth-order valence-corrected chi connectivity index (χ4v) is 2.57. The average molecular weight is 346 g/mol. The van der Waals surface area contributed by atoms with E-state index in [1.165, 1.54) is 6.07 Å². The van der Waals surface area contributed by atoms with Crippen LogP contribution >= 0.6 is 15.9 Å². The topological polar surface area (TPSA) is 37.8 Å². The van der Waals surface area contributed by atoms with Gasteiger partial charge in [-0.1, -0.05) is 22.0 Å². The van der Waals surface area contributed by atoms with Crippen molar-refractivity contribution in [3.8, 4) is 0 Å². The summed E-state index contributed by atoms with van der Waals surface area (Å²) in [6.45, 7) is 1.92. The maximum Gasteiger partial charge on any atom is 0.129 e. The van der Waals surface area contributed by atoms with Crippen molar-refractivity contribution >= 4 is 32.7 Å². The lowest BCUT2D eigenvalue weighted by atomic mass is 10.1. The van der Waals surface area contributed by atoms with Gasteiger partial charge in [-0.2, -0.15) is 0 Å². The van der Waals surface area contributed by atoms with Crippen LogP contribution in [-0.4, -0.2) is 9.97 Å². The van der Waals surface area contributed by atoms with Crippen LogP contribution in [0.2, 0.25) is 0 Å². The summed E-state index contributed by atoms with van der Waals surface area (Å²) >= 11 is 3.26. The zero-order valence-electron chi connectivity index (χ0n) is 11.3. The molecule has 0 fully saturated rings. The maximum absolute atomic E-state index is 14.0. The Hall–Kier alpha value is -2.01. The Kier molecular flexibility index (Phi) is 3.84. The first-order chi connectivity index (χ1) is 10.1. The van der Waals surface area contributed by atoms with Crippen LogP contribution in [0.3, 0.4) is 0 Å². The van der Waals surface area contributed by atoms with E-state index in [1.54, 1.807) is 18.5 Å². The van der Waals surface area contributed by atoms with Crippen LogP contribution in [0.4, 0.5) is 10.1 Å². The first kappa shape index (κ1) is 13.9. The van der Waals surface area contributed by atoms with Gasteiger partial charge in [-0.15, -0.1) is 0 Å². The summed E-state index contributed by atoms with van der Waals surface area (Å²) in [5, 5.41) is 3.29. The normalized spacial score (nSPS) is 12.3. The van der Waals surface area contributed by atoms with Crippen molar-refractivity contribution < 1.29 is 4.39 Å². The molecule has 0 amide bonds. The number of rotatable bonds is 3. The molecule has 0 spiro atoms. The van der Waals surface area contributed by atoms with Gasteiger partial charge in [-0.05, 0) is 37.3 Å². The molecule has 0 radical (unpaired) electrons. The summed E-state index contributed by atoms with van der Waals surface area (Å²) in [6, 6.07) is 10.7. The van der Waals surface area contributed by atoms with E-state index in [9.17, 15) is 4.39 Å². The largest absolute Gasteiger partial charge is 0.378 e. The van der Waals surface area contributed by atoms with Crippen molar-refractivity contribution in [3.63, 3.8) is 0 Å². The molecule has 3 rings (SSSR count). The molecule has 3 nitrogen and oxygen atoms in total. The lowest BCUT2D eigenvalue weighted by molar-refractivity contribution is 0.599. The Balaban J connectivity index is 1.87. The van der Waals surface area contributed by atoms with Gasteiger partial charge in [0.05, 0.1) is 17.1 Å². The van der Waals surface area contributed by atoms with E-state index < -0.39 is 0 Å². The van der Waals surface area contributed by atoms with E-state index in [0.717, 1.165) is 21.2 Å². The van der Waals surface area contributed by atoms with Crippen LogP contribution in [-0.2, 0) is 0 Å². The van der Waals surface area contributed by atoms with Gasteiger partial charge in [-0.3, -0.25) is 9.97 Å². The fraction of sp³-hybridized carbons (Fsp3) is 0.125. The van der Waals surface area contributed by atoms with Gasteiger partial charge in [0.15, 0.2) is 0 Å². The summed E-state index contributed by atoms with van der Waals surface area (Å²) in [6.07, 6.45) is 3.32. The van der Waals surface area contributed by atoms with Crippen molar-refractivity contribution in [1.82, 2.24) is 9.97 Å². The second-order valence-electron chi connectivity index (χ2n) is 4.79. The standard InChI is InChI=1S/C16H13BrFN3/c1-10(13-4-2-11(17)8-14(13)18)21-12-3-5-15-16(9-12)20-7-6-19-15/h2-10,21H,1H3. The van der Waals surface area contributed by atoms with E-state index in [-0.39, 0.29) is 11.9 Å². The van der Waals surface area contributed by atoms with Crippen LogP contribution < -0.4 is 5.32 Å². The minimum absolute atomic E-state index is 0.146. The maximum atomic E-state index is 14.0. The number of hydrogen-bond donors (Lipinski definition) is 1. The molecule has 1 aromatic heterocycles. The van der Waals surface area contributed by atoms with E-state index in [0.29, 0.717) is 5.56 Å². The van der Waals surface area contributed by atoms with Gasteiger partial charge in [0.25, 0.3) is 0 Å². The number of halogens is 2. The summed E-state index contributed by atoms with van der Waals surface area (Å²) in [4.78, 5) is 8.50. The Labute approximate surface area is 130 Å². The second kappa shape index (κ2) is 5.77. The summed E-state index contributed by atoms with van der Waals surface area (Å²) in [5.41, 5.74) is 3.16. The molecule has 0 aliphatic rings. The number of hydrogen-bond acceptors (Lipinski definition) is 3. The molecule has 1 atom stereocenters. The molecule has 106 valence electrons. The van der Waals surface area contributed by atoms with Crippen LogP contribution in [0.1, 0.15) is 18.5 Å². The van der Waals surface area contributed by atoms with Crippen molar-refractivity contribution in [2.75, 3.05) is 5.32 Å². The van der Waals surface area contributed by atoms with Crippen LogP contribution in [0.25, 0.3) is 11.0 Å². The smallest absolute Gasteiger partial charge is 0.129 e. The second-order valence-corrected chi connectivity index (χ2v) is 5.71. The lowest BCUT2D eigenvalue weighted by Gasteiger charge is -2.16. The molecule has 0 saturated carbocycles. The highest BCUT2D eigenvalue weighted by Crippen LogP contribution is 2.25. The highest BCUT2D eigenvalue weighted by molar-refractivity contribution is 9.10. The van der Waals surface area contributed by atoms with E-state index >= 15 is 0 Å². The number of benzene rings is 2. The molecule has 0 aliphatic heterocycles. The van der Waals surface area contributed by atoms with Gasteiger partial charge < -0.3 is 5.32 Å². The van der Waals surface area contributed by atoms with Gasteiger partial charge in [0.2, 0.25) is 0 Å². The molecular formula is C16H13BrFN3. The molecule has 1 unspecified atom stereocenters. The predicted molar refractivity (Wildman–Crippen MR) is 85.7 cm³/mol. The molecule has 2 aromatic carbocycles. The van der Waals surface area contributed by atoms with Crippen molar-refractivity contribution in [3.05, 3.63) is 64.6 Å². The monoisotopic (exact) mass is 345 g/mol. The third kappa shape index (κ3) is 3.03. The fourth-order valence-electron chi connectivity index (χ4n) is 2.23. The van der Waals surface area contributed by atoms with Gasteiger partial charge >= 0.3 is 0 Å². The van der Waals surface area contributed by atoms with Crippen molar-refractivity contribution in [2.45, 2.75) is 13.0 Å². The number of aromatic nitrogens is 2. The summed E-state index contributed by atoms with van der Waals surface area (Å²) < 4.78 is 14.7. The Morgan fingerprint density at radius 2 is 1.81 bits per heavy atom.